The van der Waals surface area contributed by atoms with Gasteiger partial charge in [0.05, 0.1) is 10.5 Å². The highest BCUT2D eigenvalue weighted by Gasteiger charge is 2.28. The molecule has 1 aliphatic rings. The molecule has 0 heterocycles. The van der Waals surface area contributed by atoms with Gasteiger partial charge in [-0.1, -0.05) is 43.5 Å². The molecule has 1 fully saturated rings. The van der Waals surface area contributed by atoms with Crippen LogP contribution >= 0.6 is 12.6 Å². The first kappa shape index (κ1) is 30.6. The molecule has 2 aromatic carbocycles. The Hall–Kier alpha value is -2.96. The Morgan fingerprint density at radius 1 is 1.03 bits per heavy atom. The third-order valence-corrected chi connectivity index (χ3v) is 8.58. The molecule has 4 N–H and O–H groups in total. The van der Waals surface area contributed by atoms with Gasteiger partial charge in [0.1, 0.15) is 11.9 Å². The molecule has 3 amide bonds. The first-order chi connectivity index (χ1) is 18.5. The van der Waals surface area contributed by atoms with Crippen LogP contribution in [0.1, 0.15) is 49.4 Å². The topological polar surface area (TPSA) is 142 Å². The van der Waals surface area contributed by atoms with Crippen LogP contribution in [0.15, 0.2) is 47.4 Å². The number of aliphatic hydroxyl groups is 1. The molecule has 0 unspecified atom stereocenters. The number of nitrogens with one attached hydrogen (secondary N) is 3. The molecule has 0 saturated heterocycles. The van der Waals surface area contributed by atoms with Crippen molar-refractivity contribution in [2.24, 2.45) is 11.8 Å². The predicted molar refractivity (Wildman–Crippen MR) is 148 cm³/mol. The summed E-state index contributed by atoms with van der Waals surface area (Å²) in [6.07, 6.45) is 3.90. The summed E-state index contributed by atoms with van der Waals surface area (Å²) in [5.74, 6) is -2.17. The molecule has 39 heavy (non-hydrogen) atoms. The summed E-state index contributed by atoms with van der Waals surface area (Å²) in [4.78, 5) is 36.6. The van der Waals surface area contributed by atoms with E-state index in [1.165, 1.54) is 36.8 Å². The second kappa shape index (κ2) is 13.9. The lowest BCUT2D eigenvalue weighted by Crippen LogP contribution is -2.41. The van der Waals surface area contributed by atoms with E-state index in [0.717, 1.165) is 38.7 Å². The molecule has 9 nitrogen and oxygen atoms in total. The Morgan fingerprint density at radius 3 is 2.33 bits per heavy atom. The standard InChI is InChI=1S/C27H34FN3O6S2/c1-17(32)25(33)31-39(36,37)24-10-6-5-9-20(24)19-11-12-21(23(28)15-19)26(34)29-13-14-30-27(35)22(16-38)18-7-3-2-4-8-18/h5-6,9-12,15,17-18,22,32,38H,2-4,7-8,13-14,16H2,1H3,(H,29,34)(H,30,35)(H,31,33)/t17-,22-/m0/s1. The largest absolute Gasteiger partial charge is 0.384 e. The van der Waals surface area contributed by atoms with Gasteiger partial charge in [0, 0.05) is 30.3 Å². The summed E-state index contributed by atoms with van der Waals surface area (Å²) in [6.45, 7) is 1.41. The number of amides is 3. The van der Waals surface area contributed by atoms with Crippen molar-refractivity contribution >= 4 is 40.4 Å². The van der Waals surface area contributed by atoms with E-state index in [9.17, 15) is 32.3 Å². The van der Waals surface area contributed by atoms with Gasteiger partial charge in [-0.25, -0.2) is 17.5 Å². The van der Waals surface area contributed by atoms with Gasteiger partial charge >= 0.3 is 0 Å². The van der Waals surface area contributed by atoms with Gasteiger partial charge < -0.3 is 15.7 Å². The maximum absolute atomic E-state index is 14.9. The fourth-order valence-electron chi connectivity index (χ4n) is 4.65. The van der Waals surface area contributed by atoms with Crippen LogP contribution in [-0.2, 0) is 19.6 Å². The zero-order valence-corrected chi connectivity index (χ0v) is 23.4. The molecule has 1 aliphatic carbocycles. The van der Waals surface area contributed by atoms with Crippen molar-refractivity contribution in [2.45, 2.75) is 50.0 Å². The fraction of sp³-hybridized carbons (Fsp3) is 0.444. The Kier molecular flexibility index (Phi) is 10.9. The molecule has 0 bridgehead atoms. The number of hydrogen-bond acceptors (Lipinski definition) is 7. The van der Waals surface area contributed by atoms with Crippen LogP contribution < -0.4 is 15.4 Å². The lowest BCUT2D eigenvalue weighted by molar-refractivity contribution is -0.127. The third kappa shape index (κ3) is 8.02. The number of sulfonamides is 1. The van der Waals surface area contributed by atoms with Crippen molar-refractivity contribution in [3.63, 3.8) is 0 Å². The van der Waals surface area contributed by atoms with Crippen molar-refractivity contribution in [3.05, 3.63) is 53.8 Å². The Morgan fingerprint density at radius 2 is 1.69 bits per heavy atom. The van der Waals surface area contributed by atoms with E-state index in [2.05, 4.69) is 23.3 Å². The SMILES string of the molecule is C[C@H](O)C(=O)NS(=O)(=O)c1ccccc1-c1ccc(C(=O)NCCNC(=O)[C@@H](CS)C2CCCCC2)c(F)c1. The quantitative estimate of drug-likeness (QED) is 0.205. The van der Waals surface area contributed by atoms with Gasteiger partial charge in [-0.2, -0.15) is 12.6 Å². The smallest absolute Gasteiger partial charge is 0.264 e. The third-order valence-electron chi connectivity index (χ3n) is 6.78. The van der Waals surface area contributed by atoms with E-state index in [1.807, 2.05) is 0 Å². The van der Waals surface area contributed by atoms with Gasteiger partial charge in [0.25, 0.3) is 21.8 Å². The number of halogens is 1. The van der Waals surface area contributed by atoms with Crippen LogP contribution in [0.3, 0.4) is 0 Å². The van der Waals surface area contributed by atoms with Gasteiger partial charge in [0.2, 0.25) is 5.91 Å². The van der Waals surface area contributed by atoms with E-state index in [1.54, 1.807) is 10.8 Å². The van der Waals surface area contributed by atoms with Gasteiger partial charge in [-0.05, 0) is 49.4 Å². The predicted octanol–water partition coefficient (Wildman–Crippen LogP) is 2.65. The molecule has 0 radical (unpaired) electrons. The highest BCUT2D eigenvalue weighted by molar-refractivity contribution is 7.90. The Bertz CT molecular complexity index is 1300. The van der Waals surface area contributed by atoms with Crippen LogP contribution in [0.2, 0.25) is 0 Å². The van der Waals surface area contributed by atoms with Gasteiger partial charge in [-0.3, -0.25) is 14.4 Å². The normalized spacial score (nSPS) is 15.7. The van der Waals surface area contributed by atoms with Crippen molar-refractivity contribution in [3.8, 4) is 11.1 Å². The number of rotatable bonds is 11. The van der Waals surface area contributed by atoms with Crippen molar-refractivity contribution < 1.29 is 32.3 Å². The van der Waals surface area contributed by atoms with E-state index in [0.29, 0.717) is 11.7 Å². The molecule has 0 aliphatic heterocycles. The van der Waals surface area contributed by atoms with Crippen molar-refractivity contribution in [2.75, 3.05) is 18.8 Å². The van der Waals surface area contributed by atoms with Gasteiger partial charge in [-0.15, -0.1) is 0 Å². The maximum atomic E-state index is 14.9. The molecular weight excluding hydrogens is 545 g/mol. The molecule has 2 atom stereocenters. The highest BCUT2D eigenvalue weighted by atomic mass is 32.2. The van der Waals surface area contributed by atoms with Crippen LogP contribution in [0, 0.1) is 17.7 Å². The average molecular weight is 580 g/mol. The lowest BCUT2D eigenvalue weighted by atomic mass is 9.80. The first-order valence-electron chi connectivity index (χ1n) is 12.9. The minimum atomic E-state index is -4.36. The zero-order valence-electron chi connectivity index (χ0n) is 21.7. The minimum Gasteiger partial charge on any atom is -0.384 e. The summed E-state index contributed by atoms with van der Waals surface area (Å²) in [5, 5.41) is 14.7. The molecule has 2 aromatic rings. The number of carbonyl (C=O) groups excluding carboxylic acids is 3. The molecule has 0 aromatic heterocycles. The first-order valence-corrected chi connectivity index (χ1v) is 15.0. The minimum absolute atomic E-state index is 0.0970. The Balaban J connectivity index is 1.63. The van der Waals surface area contributed by atoms with Gasteiger partial charge in [0.15, 0.2) is 0 Å². The molecular formula is C27H34FN3O6S2. The van der Waals surface area contributed by atoms with E-state index in [4.69, 9.17) is 0 Å². The number of carbonyl (C=O) groups is 3. The van der Waals surface area contributed by atoms with Crippen LogP contribution in [-0.4, -0.2) is 56.2 Å². The average Bonchev–Trinajstić information content (AvgIpc) is 2.91. The number of thiol groups is 1. The summed E-state index contributed by atoms with van der Waals surface area (Å²) in [7, 11) is -4.36. The van der Waals surface area contributed by atoms with Crippen LogP contribution in [0.4, 0.5) is 4.39 Å². The lowest BCUT2D eigenvalue weighted by Gasteiger charge is -2.28. The second-order valence-electron chi connectivity index (χ2n) is 9.57. The fourth-order valence-corrected chi connectivity index (χ4v) is 6.39. The molecule has 12 heteroatoms. The number of benzene rings is 2. The maximum Gasteiger partial charge on any atom is 0.264 e. The second-order valence-corrected chi connectivity index (χ2v) is 11.6. The molecule has 1 saturated carbocycles. The molecule has 3 rings (SSSR count). The van der Waals surface area contributed by atoms with E-state index >= 15 is 0 Å². The summed E-state index contributed by atoms with van der Waals surface area (Å²) < 4.78 is 42.1. The van der Waals surface area contributed by atoms with Crippen molar-refractivity contribution in [1.29, 1.82) is 0 Å². The van der Waals surface area contributed by atoms with Crippen molar-refractivity contribution in [1.82, 2.24) is 15.4 Å². The summed E-state index contributed by atoms with van der Waals surface area (Å²) in [5.41, 5.74) is 0.0271. The zero-order chi connectivity index (χ0) is 28.6. The van der Waals surface area contributed by atoms with Crippen LogP contribution in [0.25, 0.3) is 11.1 Å². The monoisotopic (exact) mass is 579 g/mol. The molecule has 212 valence electrons. The van der Waals surface area contributed by atoms with E-state index in [-0.39, 0.29) is 46.5 Å². The van der Waals surface area contributed by atoms with Crippen LogP contribution in [0.5, 0.6) is 0 Å². The summed E-state index contributed by atoms with van der Waals surface area (Å²) in [6, 6.07) is 9.32. The number of hydrogen-bond donors (Lipinski definition) is 5. The Labute approximate surface area is 233 Å². The van der Waals surface area contributed by atoms with E-state index < -0.39 is 33.8 Å². The number of aliphatic hydroxyl groups excluding tert-OH is 1. The summed E-state index contributed by atoms with van der Waals surface area (Å²) >= 11 is 4.35. The molecule has 0 spiro atoms. The highest BCUT2D eigenvalue weighted by Crippen LogP contribution is 2.31.